The molecule has 4 nitrogen and oxygen atoms in total. The normalized spacial score (nSPS) is 13.4. The zero-order chi connectivity index (χ0) is 13.1. The highest BCUT2D eigenvalue weighted by molar-refractivity contribution is 14.1. The van der Waals surface area contributed by atoms with Gasteiger partial charge in [0.25, 0.3) is 0 Å². The SMILES string of the molecule is CNCC(C)S(=O)(=O)Nc1ccc(Br)c(I)c1. The van der Waals surface area contributed by atoms with Crippen molar-refractivity contribution in [3.63, 3.8) is 0 Å². The van der Waals surface area contributed by atoms with Crippen LogP contribution in [0.1, 0.15) is 6.92 Å². The van der Waals surface area contributed by atoms with E-state index in [0.29, 0.717) is 12.2 Å². The van der Waals surface area contributed by atoms with Gasteiger partial charge >= 0.3 is 0 Å². The summed E-state index contributed by atoms with van der Waals surface area (Å²) in [5.41, 5.74) is 0.584. The standard InChI is InChI=1S/C10H14BrIN2O2S/c1-7(6-13-2)17(15,16)14-8-3-4-9(11)10(12)5-8/h3-5,7,13-14H,6H2,1-2H3. The van der Waals surface area contributed by atoms with Crippen molar-refractivity contribution < 1.29 is 8.42 Å². The maximum absolute atomic E-state index is 11.9. The predicted molar refractivity (Wildman–Crippen MR) is 82.8 cm³/mol. The molecule has 0 fully saturated rings. The molecule has 0 radical (unpaired) electrons. The third-order valence-electron chi connectivity index (χ3n) is 2.20. The van der Waals surface area contributed by atoms with Crippen molar-refractivity contribution in [3.8, 4) is 0 Å². The molecule has 17 heavy (non-hydrogen) atoms. The van der Waals surface area contributed by atoms with E-state index < -0.39 is 15.3 Å². The first-order valence-corrected chi connectivity index (χ1v) is 8.40. The summed E-state index contributed by atoms with van der Waals surface area (Å²) in [6.45, 7) is 2.09. The Kier molecular flexibility index (Phi) is 5.68. The number of hydrogen-bond acceptors (Lipinski definition) is 3. The average Bonchev–Trinajstić information content (AvgIpc) is 2.23. The first-order chi connectivity index (χ1) is 7.86. The lowest BCUT2D eigenvalue weighted by Crippen LogP contribution is -2.33. The van der Waals surface area contributed by atoms with E-state index in [0.717, 1.165) is 8.04 Å². The number of sulfonamides is 1. The van der Waals surface area contributed by atoms with E-state index in [1.807, 2.05) is 6.07 Å². The van der Waals surface area contributed by atoms with Crippen LogP contribution in [-0.2, 0) is 10.0 Å². The highest BCUT2D eigenvalue weighted by Gasteiger charge is 2.19. The van der Waals surface area contributed by atoms with Crippen molar-refractivity contribution in [3.05, 3.63) is 26.2 Å². The fraction of sp³-hybridized carbons (Fsp3) is 0.400. The van der Waals surface area contributed by atoms with Gasteiger partial charge in [-0.25, -0.2) is 8.42 Å². The van der Waals surface area contributed by atoms with Crippen LogP contribution < -0.4 is 10.0 Å². The smallest absolute Gasteiger partial charge is 0.236 e. The third kappa shape index (κ3) is 4.38. The summed E-state index contributed by atoms with van der Waals surface area (Å²) < 4.78 is 28.3. The lowest BCUT2D eigenvalue weighted by molar-refractivity contribution is 0.584. The van der Waals surface area contributed by atoms with Crippen LogP contribution in [0.3, 0.4) is 0 Å². The minimum atomic E-state index is -3.34. The first-order valence-electron chi connectivity index (χ1n) is 4.98. The van der Waals surface area contributed by atoms with Gasteiger partial charge in [-0.1, -0.05) is 0 Å². The lowest BCUT2D eigenvalue weighted by Gasteiger charge is -2.14. The summed E-state index contributed by atoms with van der Waals surface area (Å²) in [7, 11) is -1.61. The Morgan fingerprint density at radius 3 is 2.65 bits per heavy atom. The van der Waals surface area contributed by atoms with Gasteiger partial charge in [0.1, 0.15) is 0 Å². The van der Waals surface area contributed by atoms with Crippen molar-refractivity contribution in [2.24, 2.45) is 0 Å². The zero-order valence-corrected chi connectivity index (χ0v) is 14.1. The molecule has 0 bridgehead atoms. The lowest BCUT2D eigenvalue weighted by atomic mass is 10.3. The van der Waals surface area contributed by atoms with Crippen molar-refractivity contribution in [1.29, 1.82) is 0 Å². The third-order valence-corrected chi connectivity index (χ3v) is 6.27. The quantitative estimate of drug-likeness (QED) is 0.702. The molecule has 0 spiro atoms. The largest absolute Gasteiger partial charge is 0.318 e. The van der Waals surface area contributed by atoms with Gasteiger partial charge in [-0.05, 0) is 70.7 Å². The van der Waals surface area contributed by atoms with Crippen molar-refractivity contribution in [1.82, 2.24) is 5.32 Å². The van der Waals surface area contributed by atoms with Gasteiger partial charge in [0.2, 0.25) is 10.0 Å². The molecular weight excluding hydrogens is 419 g/mol. The molecule has 0 aliphatic heterocycles. The summed E-state index contributed by atoms with van der Waals surface area (Å²) >= 11 is 5.51. The Morgan fingerprint density at radius 2 is 2.12 bits per heavy atom. The van der Waals surface area contributed by atoms with Gasteiger partial charge in [-0.3, -0.25) is 4.72 Å². The van der Waals surface area contributed by atoms with E-state index in [1.165, 1.54) is 0 Å². The molecule has 0 heterocycles. The minimum absolute atomic E-state index is 0.420. The molecule has 7 heteroatoms. The molecule has 0 aliphatic carbocycles. The van der Waals surface area contributed by atoms with Crippen LogP contribution in [0.25, 0.3) is 0 Å². The summed E-state index contributed by atoms with van der Waals surface area (Å²) in [4.78, 5) is 0. The molecule has 0 saturated heterocycles. The van der Waals surface area contributed by atoms with E-state index in [4.69, 9.17) is 0 Å². The number of anilines is 1. The number of halogens is 2. The molecule has 0 aromatic heterocycles. The molecule has 96 valence electrons. The number of benzene rings is 1. The van der Waals surface area contributed by atoms with E-state index >= 15 is 0 Å². The van der Waals surface area contributed by atoms with Gasteiger partial charge in [0, 0.05) is 20.3 Å². The molecule has 2 N–H and O–H groups in total. The summed E-state index contributed by atoms with van der Waals surface area (Å²) in [5, 5.41) is 2.37. The van der Waals surface area contributed by atoms with Crippen molar-refractivity contribution in [2.75, 3.05) is 18.3 Å². The van der Waals surface area contributed by atoms with Crippen LogP contribution in [-0.4, -0.2) is 27.3 Å². The monoisotopic (exact) mass is 432 g/mol. The zero-order valence-electron chi connectivity index (χ0n) is 9.50. The summed E-state index contributed by atoms with van der Waals surface area (Å²) in [6.07, 6.45) is 0. The van der Waals surface area contributed by atoms with Crippen LogP contribution in [0, 0.1) is 3.57 Å². The van der Waals surface area contributed by atoms with Crippen LogP contribution >= 0.6 is 38.5 Å². The Labute approximate surface area is 124 Å². The average molecular weight is 433 g/mol. The van der Waals surface area contributed by atoms with Crippen LogP contribution in [0.4, 0.5) is 5.69 Å². The van der Waals surface area contributed by atoms with E-state index in [1.54, 1.807) is 26.1 Å². The second kappa shape index (κ2) is 6.35. The highest BCUT2D eigenvalue weighted by atomic mass is 127. The van der Waals surface area contributed by atoms with Gasteiger partial charge in [0.15, 0.2) is 0 Å². The van der Waals surface area contributed by atoms with Crippen LogP contribution in [0.15, 0.2) is 22.7 Å². The molecule has 0 amide bonds. The van der Waals surface area contributed by atoms with E-state index in [2.05, 4.69) is 48.6 Å². The Bertz CT molecular complexity index is 493. The van der Waals surface area contributed by atoms with Crippen LogP contribution in [0.2, 0.25) is 0 Å². The maximum atomic E-state index is 11.9. The molecule has 1 rings (SSSR count). The van der Waals surface area contributed by atoms with Gasteiger partial charge in [-0.2, -0.15) is 0 Å². The Balaban J connectivity index is 2.86. The summed E-state index contributed by atoms with van der Waals surface area (Å²) in [6, 6.07) is 5.34. The molecule has 1 aromatic carbocycles. The van der Waals surface area contributed by atoms with E-state index in [9.17, 15) is 8.42 Å². The second-order valence-corrected chi connectivity index (χ2v) is 7.76. The molecule has 1 aromatic rings. The molecule has 0 saturated carbocycles. The van der Waals surface area contributed by atoms with Crippen molar-refractivity contribution >= 4 is 54.2 Å². The van der Waals surface area contributed by atoms with Crippen LogP contribution in [0.5, 0.6) is 0 Å². The number of hydrogen-bond donors (Lipinski definition) is 2. The predicted octanol–water partition coefficient (Wildman–Crippen LogP) is 2.40. The maximum Gasteiger partial charge on any atom is 0.236 e. The van der Waals surface area contributed by atoms with Crippen molar-refractivity contribution in [2.45, 2.75) is 12.2 Å². The number of rotatable bonds is 5. The Hall–Kier alpha value is 0.140. The molecular formula is C10H14BrIN2O2S. The molecule has 1 unspecified atom stereocenters. The first kappa shape index (κ1) is 15.2. The molecule has 1 atom stereocenters. The summed E-state index contributed by atoms with van der Waals surface area (Å²) in [5.74, 6) is 0. The minimum Gasteiger partial charge on any atom is -0.318 e. The fourth-order valence-corrected chi connectivity index (χ4v) is 3.03. The van der Waals surface area contributed by atoms with Gasteiger partial charge in [0.05, 0.1) is 5.25 Å². The number of nitrogens with one attached hydrogen (secondary N) is 2. The van der Waals surface area contributed by atoms with Gasteiger partial charge < -0.3 is 5.32 Å². The molecule has 0 aliphatic rings. The van der Waals surface area contributed by atoms with Gasteiger partial charge in [-0.15, -0.1) is 0 Å². The van der Waals surface area contributed by atoms with E-state index in [-0.39, 0.29) is 0 Å². The Morgan fingerprint density at radius 1 is 1.47 bits per heavy atom. The fourth-order valence-electron chi connectivity index (χ4n) is 1.22. The highest BCUT2D eigenvalue weighted by Crippen LogP contribution is 2.23. The topological polar surface area (TPSA) is 58.2 Å². The second-order valence-electron chi connectivity index (χ2n) is 3.64.